The minimum Gasteiger partial charge on any atom is -0.294 e. The molecule has 10 heteroatoms. The fourth-order valence-electron chi connectivity index (χ4n) is 2.85. The lowest BCUT2D eigenvalue weighted by Gasteiger charge is -2.37. The van der Waals surface area contributed by atoms with E-state index in [1.54, 1.807) is 31.2 Å². The second-order valence-electron chi connectivity index (χ2n) is 5.96. The van der Waals surface area contributed by atoms with Crippen molar-refractivity contribution >= 4 is 29.3 Å². The smallest absolute Gasteiger partial charge is 0.294 e. The van der Waals surface area contributed by atoms with Crippen molar-refractivity contribution < 1.29 is 13.2 Å². The van der Waals surface area contributed by atoms with Gasteiger partial charge in [-0.25, -0.2) is 14.4 Å². The third kappa shape index (κ3) is 2.93. The number of aryl methyl sites for hydroxylation is 1. The zero-order valence-corrected chi connectivity index (χ0v) is 14.6. The van der Waals surface area contributed by atoms with Crippen LogP contribution in [0.4, 0.5) is 24.7 Å². The van der Waals surface area contributed by atoms with E-state index in [4.69, 9.17) is 11.6 Å². The number of alkyl halides is 2. The highest BCUT2D eigenvalue weighted by atomic mass is 35.5. The van der Waals surface area contributed by atoms with Gasteiger partial charge in [-0.05, 0) is 13.0 Å². The molecular weight excluding hydrogens is 381 g/mol. The van der Waals surface area contributed by atoms with Crippen molar-refractivity contribution in [1.29, 1.82) is 0 Å². The zero-order valence-electron chi connectivity index (χ0n) is 13.9. The molecule has 27 heavy (non-hydrogen) atoms. The van der Waals surface area contributed by atoms with Gasteiger partial charge in [-0.3, -0.25) is 15.0 Å². The lowest BCUT2D eigenvalue weighted by Crippen LogP contribution is -2.46. The summed E-state index contributed by atoms with van der Waals surface area (Å²) >= 11 is 6.31. The van der Waals surface area contributed by atoms with Gasteiger partial charge < -0.3 is 0 Å². The van der Waals surface area contributed by atoms with Gasteiger partial charge in [0.1, 0.15) is 0 Å². The van der Waals surface area contributed by atoms with E-state index in [-0.39, 0.29) is 10.8 Å². The number of H-pyrrole nitrogens is 1. The van der Waals surface area contributed by atoms with Gasteiger partial charge in [-0.1, -0.05) is 23.7 Å². The van der Waals surface area contributed by atoms with E-state index in [0.29, 0.717) is 29.3 Å². The number of rotatable bonds is 3. The summed E-state index contributed by atoms with van der Waals surface area (Å²) in [7, 11) is 0. The summed E-state index contributed by atoms with van der Waals surface area (Å²) in [5.74, 6) is -5.09. The second kappa shape index (κ2) is 6.34. The largest absolute Gasteiger partial charge is 0.346 e. The van der Waals surface area contributed by atoms with E-state index in [1.807, 2.05) is 0 Å². The van der Waals surface area contributed by atoms with Crippen LogP contribution in [0.1, 0.15) is 17.1 Å². The van der Waals surface area contributed by atoms with Crippen molar-refractivity contribution in [3.05, 3.63) is 64.6 Å². The monoisotopic (exact) mass is 392 g/mol. The molecule has 4 rings (SSSR count). The van der Waals surface area contributed by atoms with Gasteiger partial charge in [-0.2, -0.15) is 13.9 Å². The van der Waals surface area contributed by atoms with Crippen LogP contribution < -0.4 is 4.90 Å². The molecule has 1 aromatic carbocycles. The fourth-order valence-corrected chi connectivity index (χ4v) is 3.13. The summed E-state index contributed by atoms with van der Waals surface area (Å²) in [6, 6.07) is 6.60. The summed E-state index contributed by atoms with van der Waals surface area (Å²) in [6.45, 7) is 1.74. The van der Waals surface area contributed by atoms with Crippen LogP contribution in [0.3, 0.4) is 0 Å². The Balaban J connectivity index is 1.88. The Bertz CT molecular complexity index is 1020. The second-order valence-corrected chi connectivity index (χ2v) is 6.36. The third-order valence-corrected chi connectivity index (χ3v) is 4.35. The van der Waals surface area contributed by atoms with Gasteiger partial charge >= 0.3 is 5.92 Å². The van der Waals surface area contributed by atoms with E-state index >= 15 is 8.78 Å². The van der Waals surface area contributed by atoms with E-state index < -0.39 is 23.7 Å². The summed E-state index contributed by atoms with van der Waals surface area (Å²) < 4.78 is 43.6. The molecule has 138 valence electrons. The Morgan fingerprint density at radius 1 is 1.22 bits per heavy atom. The highest BCUT2D eigenvalue weighted by Crippen LogP contribution is 2.44. The van der Waals surface area contributed by atoms with Crippen LogP contribution in [-0.2, 0) is 5.92 Å². The molecule has 0 radical (unpaired) electrons. The van der Waals surface area contributed by atoms with Gasteiger partial charge in [0.25, 0.3) is 0 Å². The van der Waals surface area contributed by atoms with Crippen molar-refractivity contribution in [2.45, 2.75) is 19.0 Å². The number of aliphatic imine (C=N–C) groups is 1. The van der Waals surface area contributed by atoms with E-state index in [2.05, 4.69) is 25.2 Å². The molecule has 0 saturated carbocycles. The first-order chi connectivity index (χ1) is 12.9. The number of para-hydroxylation sites is 1. The number of hydrogen-bond donors (Lipinski definition) is 1. The zero-order chi connectivity index (χ0) is 19.2. The predicted octanol–water partition coefficient (Wildman–Crippen LogP) is 3.99. The van der Waals surface area contributed by atoms with Crippen LogP contribution in [-0.4, -0.2) is 32.5 Å². The first kappa shape index (κ1) is 17.5. The maximum absolute atomic E-state index is 15.3. The van der Waals surface area contributed by atoms with Gasteiger partial charge in [0, 0.05) is 23.5 Å². The van der Waals surface area contributed by atoms with Crippen molar-refractivity contribution in [3.8, 4) is 0 Å². The molecule has 0 fully saturated rings. The minimum atomic E-state index is -3.64. The molecule has 2 aromatic heterocycles. The Hall–Kier alpha value is -2.94. The molecule has 0 bridgehead atoms. The average molecular weight is 393 g/mol. The van der Waals surface area contributed by atoms with E-state index in [0.717, 1.165) is 0 Å². The highest BCUT2D eigenvalue weighted by molar-refractivity contribution is 6.34. The summed E-state index contributed by atoms with van der Waals surface area (Å²) in [6.07, 6.45) is 0.941. The molecule has 1 unspecified atom stereocenters. The Labute approximate surface area is 156 Å². The van der Waals surface area contributed by atoms with Crippen molar-refractivity contribution in [3.63, 3.8) is 0 Å². The molecule has 3 aromatic rings. The van der Waals surface area contributed by atoms with Gasteiger partial charge in [-0.15, -0.1) is 0 Å². The standard InChI is InChI=1S/C17H12ClF3N6/c1-9-5-13(26-25-9)27-14-10(3-2-4-12(14)18)6-24-16(27)17(20,21)15-22-7-11(19)8-23-15/h2-8,16H,1H3,(H,25,26). The number of anilines is 2. The summed E-state index contributed by atoms with van der Waals surface area (Å²) in [5.41, 5.74) is 1.58. The van der Waals surface area contributed by atoms with Gasteiger partial charge in [0.05, 0.1) is 23.1 Å². The Morgan fingerprint density at radius 2 is 1.96 bits per heavy atom. The number of benzene rings is 1. The quantitative estimate of drug-likeness (QED) is 0.731. The number of aromatic nitrogens is 4. The first-order valence-electron chi connectivity index (χ1n) is 7.86. The third-order valence-electron chi connectivity index (χ3n) is 4.04. The van der Waals surface area contributed by atoms with Crippen LogP contribution in [0.5, 0.6) is 0 Å². The highest BCUT2D eigenvalue weighted by Gasteiger charge is 2.50. The number of fused-ring (bicyclic) bond motifs is 1. The normalized spacial score (nSPS) is 16.5. The number of nitrogens with zero attached hydrogens (tertiary/aromatic N) is 5. The van der Waals surface area contributed by atoms with Crippen LogP contribution in [0, 0.1) is 12.7 Å². The topological polar surface area (TPSA) is 70.1 Å². The number of nitrogens with one attached hydrogen (secondary N) is 1. The van der Waals surface area contributed by atoms with Crippen LogP contribution >= 0.6 is 11.6 Å². The number of hydrogen-bond acceptors (Lipinski definition) is 5. The molecule has 0 aliphatic carbocycles. The molecule has 1 atom stereocenters. The van der Waals surface area contributed by atoms with Crippen molar-refractivity contribution in [2.75, 3.05) is 4.90 Å². The van der Waals surface area contributed by atoms with Crippen LogP contribution in [0.15, 0.2) is 41.7 Å². The molecule has 1 aliphatic heterocycles. The summed E-state index contributed by atoms with van der Waals surface area (Å²) in [4.78, 5) is 12.1. The Morgan fingerprint density at radius 3 is 2.63 bits per heavy atom. The maximum Gasteiger partial charge on any atom is 0.346 e. The molecule has 0 saturated heterocycles. The molecule has 0 amide bonds. The molecule has 6 nitrogen and oxygen atoms in total. The van der Waals surface area contributed by atoms with Gasteiger partial charge in [0.2, 0.25) is 5.82 Å². The van der Waals surface area contributed by atoms with Crippen molar-refractivity contribution in [1.82, 2.24) is 20.2 Å². The number of aromatic amines is 1. The SMILES string of the molecule is Cc1cc(N2c3c(Cl)cccc3C=NC2C(F)(F)c2ncc(F)cn2)n[nH]1. The summed E-state index contributed by atoms with van der Waals surface area (Å²) in [5, 5.41) is 7.07. The maximum atomic E-state index is 15.3. The van der Waals surface area contributed by atoms with E-state index in [1.165, 1.54) is 11.1 Å². The van der Waals surface area contributed by atoms with Crippen LogP contribution in [0.25, 0.3) is 0 Å². The molecule has 3 heterocycles. The minimum absolute atomic E-state index is 0.213. The van der Waals surface area contributed by atoms with Crippen molar-refractivity contribution in [2.24, 2.45) is 4.99 Å². The average Bonchev–Trinajstić information content (AvgIpc) is 3.07. The molecule has 0 spiro atoms. The number of halogens is 4. The first-order valence-corrected chi connectivity index (χ1v) is 8.24. The lowest BCUT2D eigenvalue weighted by atomic mass is 10.1. The molecule has 1 aliphatic rings. The van der Waals surface area contributed by atoms with E-state index in [9.17, 15) is 4.39 Å². The fraction of sp³-hybridized carbons (Fsp3) is 0.176. The van der Waals surface area contributed by atoms with Crippen LogP contribution in [0.2, 0.25) is 5.02 Å². The predicted molar refractivity (Wildman–Crippen MR) is 94.2 cm³/mol. The lowest BCUT2D eigenvalue weighted by molar-refractivity contribution is -0.0374. The van der Waals surface area contributed by atoms with Gasteiger partial charge in [0.15, 0.2) is 17.8 Å². The Kier molecular flexibility index (Phi) is 4.11. The molecular formula is C17H12ClF3N6. The molecule has 1 N–H and O–H groups in total.